The molecule has 2 aromatic carbocycles. The smallest absolute Gasteiger partial charge is 0.282 e. The Labute approximate surface area is 172 Å². The largest absolute Gasteiger partial charge is 0.329 e. The molecule has 0 aliphatic rings. The third kappa shape index (κ3) is 3.34. The minimum atomic E-state index is -0.554. The summed E-state index contributed by atoms with van der Waals surface area (Å²) in [4.78, 5) is 27.5. The van der Waals surface area contributed by atoms with Crippen LogP contribution in [0.2, 0.25) is 0 Å². The van der Waals surface area contributed by atoms with Crippen molar-refractivity contribution >= 4 is 10.8 Å². The van der Waals surface area contributed by atoms with Gasteiger partial charge in [0.25, 0.3) is 5.56 Å². The zero-order valence-corrected chi connectivity index (χ0v) is 17.3. The van der Waals surface area contributed by atoms with Gasteiger partial charge in [0, 0.05) is 17.6 Å². The first-order valence-corrected chi connectivity index (χ1v) is 9.68. The number of H-pyrrole nitrogens is 1. The fourth-order valence-corrected chi connectivity index (χ4v) is 3.62. The topological polar surface area (TPSA) is 67.8 Å². The predicted octanol–water partition coefficient (Wildman–Crippen LogP) is 4.49. The summed E-state index contributed by atoms with van der Waals surface area (Å²) >= 11 is 0. The standard InChI is InChI=1S/C24H22FN3O2/c1-14-18(15-8-9-26-21(29)11-15)6-5-7-20(14)28-23(30)22-16(13-27-28)10-17(12-19(22)25)24(2,3)4/h5-13H,1-4H3,(H,26,29). The Bertz CT molecular complexity index is 1390. The number of pyridine rings is 1. The Morgan fingerprint density at radius 1 is 1.07 bits per heavy atom. The van der Waals surface area contributed by atoms with Crippen LogP contribution in [0.4, 0.5) is 4.39 Å². The van der Waals surface area contributed by atoms with Gasteiger partial charge in [-0.2, -0.15) is 9.78 Å². The summed E-state index contributed by atoms with van der Waals surface area (Å²) in [7, 11) is 0. The van der Waals surface area contributed by atoms with Gasteiger partial charge in [0.15, 0.2) is 0 Å². The number of nitrogens with zero attached hydrogens (tertiary/aromatic N) is 2. The fraction of sp³-hybridized carbons (Fsp3) is 0.208. The van der Waals surface area contributed by atoms with E-state index in [0.29, 0.717) is 11.1 Å². The maximum absolute atomic E-state index is 14.9. The Morgan fingerprint density at radius 3 is 2.53 bits per heavy atom. The van der Waals surface area contributed by atoms with E-state index in [4.69, 9.17) is 0 Å². The first-order chi connectivity index (χ1) is 14.2. The SMILES string of the molecule is Cc1c(-c2cc[nH]c(=O)c2)cccc1-n1ncc2cc(C(C)(C)C)cc(F)c2c1=O. The van der Waals surface area contributed by atoms with E-state index in [0.717, 1.165) is 22.3 Å². The summed E-state index contributed by atoms with van der Waals surface area (Å²) in [6, 6.07) is 11.9. The van der Waals surface area contributed by atoms with E-state index >= 15 is 0 Å². The lowest BCUT2D eigenvalue weighted by Gasteiger charge is -2.20. The molecule has 0 spiro atoms. The van der Waals surface area contributed by atoms with Crippen LogP contribution in [0.15, 0.2) is 64.4 Å². The van der Waals surface area contributed by atoms with Gasteiger partial charge in [-0.25, -0.2) is 4.39 Å². The summed E-state index contributed by atoms with van der Waals surface area (Å²) in [5.74, 6) is -0.554. The molecule has 2 aromatic heterocycles. The number of nitrogens with one attached hydrogen (secondary N) is 1. The van der Waals surface area contributed by atoms with Gasteiger partial charge in [0.2, 0.25) is 5.56 Å². The molecular weight excluding hydrogens is 381 g/mol. The number of hydrogen-bond acceptors (Lipinski definition) is 3. The maximum Gasteiger partial charge on any atom is 0.282 e. The Kier molecular flexibility index (Phi) is 4.65. The monoisotopic (exact) mass is 403 g/mol. The van der Waals surface area contributed by atoms with Crippen LogP contribution in [-0.4, -0.2) is 14.8 Å². The zero-order chi connectivity index (χ0) is 21.6. The van der Waals surface area contributed by atoms with Gasteiger partial charge < -0.3 is 4.98 Å². The molecule has 0 radical (unpaired) electrons. The van der Waals surface area contributed by atoms with Crippen molar-refractivity contribution in [3.05, 3.63) is 92.5 Å². The average Bonchev–Trinajstić information content (AvgIpc) is 2.68. The highest BCUT2D eigenvalue weighted by Crippen LogP contribution is 2.28. The molecule has 6 heteroatoms. The molecule has 0 amide bonds. The van der Waals surface area contributed by atoms with Crippen molar-refractivity contribution in [3.63, 3.8) is 0 Å². The minimum absolute atomic E-state index is 0.0129. The number of aromatic nitrogens is 3. The molecule has 152 valence electrons. The molecule has 0 fully saturated rings. The van der Waals surface area contributed by atoms with Crippen molar-refractivity contribution in [1.29, 1.82) is 0 Å². The lowest BCUT2D eigenvalue weighted by molar-refractivity contribution is 0.576. The number of rotatable bonds is 2. The van der Waals surface area contributed by atoms with Crippen molar-refractivity contribution in [2.75, 3.05) is 0 Å². The number of benzene rings is 2. The van der Waals surface area contributed by atoms with Crippen LogP contribution in [0.5, 0.6) is 0 Å². The van der Waals surface area contributed by atoms with Crippen molar-refractivity contribution in [1.82, 2.24) is 14.8 Å². The highest BCUT2D eigenvalue weighted by atomic mass is 19.1. The first kappa shape index (κ1) is 19.8. The molecule has 5 nitrogen and oxygen atoms in total. The molecule has 0 saturated heterocycles. The number of halogens is 1. The van der Waals surface area contributed by atoms with Crippen LogP contribution in [0.25, 0.3) is 27.6 Å². The van der Waals surface area contributed by atoms with E-state index in [1.165, 1.54) is 23.0 Å². The second-order valence-corrected chi connectivity index (χ2v) is 8.43. The van der Waals surface area contributed by atoms with E-state index < -0.39 is 11.4 Å². The second-order valence-electron chi connectivity index (χ2n) is 8.43. The summed E-state index contributed by atoms with van der Waals surface area (Å²) in [5.41, 5.74) is 2.67. The number of fused-ring (bicyclic) bond motifs is 1. The Balaban J connectivity index is 1.94. The Morgan fingerprint density at radius 2 is 1.83 bits per heavy atom. The molecule has 2 heterocycles. The van der Waals surface area contributed by atoms with Crippen LogP contribution in [-0.2, 0) is 5.41 Å². The quantitative estimate of drug-likeness (QED) is 0.536. The van der Waals surface area contributed by atoms with Crippen LogP contribution in [0.1, 0.15) is 31.9 Å². The van der Waals surface area contributed by atoms with E-state index in [1.54, 1.807) is 24.4 Å². The third-order valence-electron chi connectivity index (χ3n) is 5.32. The molecular formula is C24H22FN3O2. The molecule has 1 N–H and O–H groups in total. The lowest BCUT2D eigenvalue weighted by atomic mass is 9.86. The van der Waals surface area contributed by atoms with Crippen molar-refractivity contribution in [2.24, 2.45) is 0 Å². The van der Waals surface area contributed by atoms with Gasteiger partial charge in [-0.1, -0.05) is 32.9 Å². The highest BCUT2D eigenvalue weighted by Gasteiger charge is 2.19. The highest BCUT2D eigenvalue weighted by molar-refractivity contribution is 5.83. The minimum Gasteiger partial charge on any atom is -0.329 e. The first-order valence-electron chi connectivity index (χ1n) is 9.68. The number of hydrogen-bond donors (Lipinski definition) is 1. The summed E-state index contributed by atoms with van der Waals surface area (Å²) < 4.78 is 16.2. The van der Waals surface area contributed by atoms with E-state index in [-0.39, 0.29) is 16.4 Å². The molecule has 0 bridgehead atoms. The van der Waals surface area contributed by atoms with Crippen LogP contribution in [0, 0.1) is 12.7 Å². The van der Waals surface area contributed by atoms with Gasteiger partial charge in [0.1, 0.15) is 5.82 Å². The van der Waals surface area contributed by atoms with Crippen LogP contribution in [0.3, 0.4) is 0 Å². The molecule has 0 atom stereocenters. The Hall–Kier alpha value is -3.54. The predicted molar refractivity (Wildman–Crippen MR) is 117 cm³/mol. The lowest BCUT2D eigenvalue weighted by Crippen LogP contribution is -2.23. The van der Waals surface area contributed by atoms with Gasteiger partial charge in [-0.3, -0.25) is 9.59 Å². The maximum atomic E-state index is 14.9. The van der Waals surface area contributed by atoms with E-state index in [1.807, 2.05) is 39.8 Å². The third-order valence-corrected chi connectivity index (χ3v) is 5.32. The average molecular weight is 403 g/mol. The van der Waals surface area contributed by atoms with Gasteiger partial charge in [-0.15, -0.1) is 0 Å². The summed E-state index contributed by atoms with van der Waals surface area (Å²) in [6.45, 7) is 7.83. The van der Waals surface area contributed by atoms with Gasteiger partial charge in [0.05, 0.1) is 17.3 Å². The summed E-state index contributed by atoms with van der Waals surface area (Å²) in [5, 5.41) is 4.81. The van der Waals surface area contributed by atoms with E-state index in [2.05, 4.69) is 10.1 Å². The van der Waals surface area contributed by atoms with Gasteiger partial charge in [-0.05, 0) is 58.9 Å². The summed E-state index contributed by atoms with van der Waals surface area (Å²) in [6.07, 6.45) is 3.10. The second kappa shape index (κ2) is 7.06. The normalized spacial score (nSPS) is 11.8. The molecule has 0 saturated carbocycles. The fourth-order valence-electron chi connectivity index (χ4n) is 3.62. The van der Waals surface area contributed by atoms with Crippen LogP contribution < -0.4 is 11.1 Å². The molecule has 4 rings (SSSR count). The van der Waals surface area contributed by atoms with Crippen molar-refractivity contribution < 1.29 is 4.39 Å². The van der Waals surface area contributed by atoms with Gasteiger partial charge >= 0.3 is 0 Å². The van der Waals surface area contributed by atoms with Crippen molar-refractivity contribution in [3.8, 4) is 16.8 Å². The number of aromatic amines is 1. The molecule has 30 heavy (non-hydrogen) atoms. The van der Waals surface area contributed by atoms with Crippen LogP contribution >= 0.6 is 0 Å². The van der Waals surface area contributed by atoms with Crippen molar-refractivity contribution in [2.45, 2.75) is 33.1 Å². The molecule has 0 aliphatic carbocycles. The van der Waals surface area contributed by atoms with E-state index in [9.17, 15) is 14.0 Å². The molecule has 0 unspecified atom stereocenters. The molecule has 4 aromatic rings. The molecule has 0 aliphatic heterocycles. The zero-order valence-electron chi connectivity index (χ0n) is 17.3.